The lowest BCUT2D eigenvalue weighted by Gasteiger charge is -2.09. The summed E-state index contributed by atoms with van der Waals surface area (Å²) in [6.07, 6.45) is 3.23. The van der Waals surface area contributed by atoms with E-state index >= 15 is 0 Å². The Morgan fingerprint density at radius 3 is 2.95 bits per heavy atom. The first-order valence-electron chi connectivity index (χ1n) is 6.05. The van der Waals surface area contributed by atoms with Gasteiger partial charge in [-0.15, -0.1) is 0 Å². The predicted octanol–water partition coefficient (Wildman–Crippen LogP) is 2.63. The van der Waals surface area contributed by atoms with Gasteiger partial charge in [-0.1, -0.05) is 24.6 Å². The molecule has 0 bridgehead atoms. The number of amides is 1. The van der Waals surface area contributed by atoms with Crippen molar-refractivity contribution < 1.29 is 14.3 Å². The van der Waals surface area contributed by atoms with E-state index in [9.17, 15) is 9.18 Å². The third-order valence-corrected chi connectivity index (χ3v) is 2.98. The predicted molar refractivity (Wildman–Crippen MR) is 74.3 cm³/mol. The Kier molecular flexibility index (Phi) is 6.53. The van der Waals surface area contributed by atoms with Gasteiger partial charge in [-0.05, 0) is 30.5 Å². The summed E-state index contributed by atoms with van der Waals surface area (Å²) in [7, 11) is 0. The van der Waals surface area contributed by atoms with Crippen LogP contribution >= 0.6 is 11.6 Å². The number of carbonyl (C=O) groups is 1. The fourth-order valence-corrected chi connectivity index (χ4v) is 1.71. The van der Waals surface area contributed by atoms with Gasteiger partial charge in [0.05, 0.1) is 5.02 Å². The van der Waals surface area contributed by atoms with E-state index in [1.54, 1.807) is 6.07 Å². The third kappa shape index (κ3) is 5.41. The molecule has 0 aromatic heterocycles. The Morgan fingerprint density at radius 1 is 1.58 bits per heavy atom. The monoisotopic (exact) mass is 285 g/mol. The quantitative estimate of drug-likeness (QED) is 0.790. The van der Waals surface area contributed by atoms with Gasteiger partial charge in [0.1, 0.15) is 5.82 Å². The van der Waals surface area contributed by atoms with Crippen LogP contribution in [-0.2, 0) is 4.79 Å². The van der Waals surface area contributed by atoms with Crippen molar-refractivity contribution in [2.75, 3.05) is 13.2 Å². The smallest absolute Gasteiger partial charge is 0.244 e. The largest absolute Gasteiger partial charge is 0.396 e. The Balaban J connectivity index is 2.54. The Bertz CT molecular complexity index is 443. The zero-order valence-corrected chi connectivity index (χ0v) is 11.5. The number of hydrogen-bond acceptors (Lipinski definition) is 2. The Labute approximate surface area is 117 Å². The first-order chi connectivity index (χ1) is 9.04. The number of halogens is 2. The second-order valence-electron chi connectivity index (χ2n) is 4.33. The maximum Gasteiger partial charge on any atom is 0.244 e. The molecular formula is C14H17ClFNO2. The first kappa shape index (κ1) is 15.7. The molecule has 0 fully saturated rings. The number of aliphatic hydroxyl groups excluding tert-OH is 1. The van der Waals surface area contributed by atoms with Gasteiger partial charge < -0.3 is 10.4 Å². The van der Waals surface area contributed by atoms with E-state index in [0.717, 1.165) is 0 Å². The minimum atomic E-state index is -0.467. The molecule has 1 atom stereocenters. The molecular weight excluding hydrogens is 269 g/mol. The molecule has 5 heteroatoms. The van der Waals surface area contributed by atoms with E-state index in [-0.39, 0.29) is 29.0 Å². The van der Waals surface area contributed by atoms with Gasteiger partial charge in [0.25, 0.3) is 0 Å². The van der Waals surface area contributed by atoms with Crippen LogP contribution in [0.3, 0.4) is 0 Å². The highest BCUT2D eigenvalue weighted by molar-refractivity contribution is 6.32. The van der Waals surface area contributed by atoms with Crippen molar-refractivity contribution in [1.82, 2.24) is 5.32 Å². The summed E-state index contributed by atoms with van der Waals surface area (Å²) in [5.74, 6) is -0.589. The van der Waals surface area contributed by atoms with Crippen LogP contribution in [-0.4, -0.2) is 24.2 Å². The molecule has 0 saturated carbocycles. The lowest BCUT2D eigenvalue weighted by Crippen LogP contribution is -2.26. The van der Waals surface area contributed by atoms with Gasteiger partial charge in [-0.3, -0.25) is 4.79 Å². The number of benzene rings is 1. The molecule has 0 aliphatic carbocycles. The highest BCUT2D eigenvalue weighted by atomic mass is 35.5. The Hall–Kier alpha value is -1.39. The van der Waals surface area contributed by atoms with Crippen molar-refractivity contribution in [2.24, 2.45) is 5.92 Å². The highest BCUT2D eigenvalue weighted by Crippen LogP contribution is 2.20. The second-order valence-corrected chi connectivity index (χ2v) is 4.74. The molecule has 1 aromatic rings. The van der Waals surface area contributed by atoms with Crippen molar-refractivity contribution >= 4 is 23.6 Å². The molecule has 1 unspecified atom stereocenters. The molecule has 1 aromatic carbocycles. The molecule has 0 spiro atoms. The van der Waals surface area contributed by atoms with Crippen LogP contribution in [0.4, 0.5) is 4.39 Å². The topological polar surface area (TPSA) is 49.3 Å². The van der Waals surface area contributed by atoms with Crippen LogP contribution < -0.4 is 5.32 Å². The molecule has 1 amide bonds. The summed E-state index contributed by atoms with van der Waals surface area (Å²) in [5.41, 5.74) is 0.197. The van der Waals surface area contributed by atoms with Crippen molar-refractivity contribution in [2.45, 2.75) is 13.3 Å². The van der Waals surface area contributed by atoms with Crippen molar-refractivity contribution in [3.8, 4) is 0 Å². The fourth-order valence-electron chi connectivity index (χ4n) is 1.49. The molecule has 0 aliphatic rings. The van der Waals surface area contributed by atoms with E-state index in [1.165, 1.54) is 24.3 Å². The van der Waals surface area contributed by atoms with Crippen LogP contribution in [0.5, 0.6) is 0 Å². The molecule has 2 N–H and O–H groups in total. The summed E-state index contributed by atoms with van der Waals surface area (Å²) in [6, 6.07) is 4.35. The lowest BCUT2D eigenvalue weighted by molar-refractivity contribution is -0.116. The number of aliphatic hydroxyl groups is 1. The molecule has 0 heterocycles. The van der Waals surface area contributed by atoms with Crippen molar-refractivity contribution in [3.63, 3.8) is 0 Å². The lowest BCUT2D eigenvalue weighted by atomic mass is 10.1. The van der Waals surface area contributed by atoms with Gasteiger partial charge in [0.15, 0.2) is 0 Å². The molecule has 1 rings (SSSR count). The van der Waals surface area contributed by atoms with Crippen LogP contribution in [0, 0.1) is 11.7 Å². The second kappa shape index (κ2) is 7.92. The van der Waals surface area contributed by atoms with E-state index in [4.69, 9.17) is 16.7 Å². The molecule has 0 radical (unpaired) electrons. The van der Waals surface area contributed by atoms with Gasteiger partial charge in [-0.25, -0.2) is 4.39 Å². The van der Waals surface area contributed by atoms with Gasteiger partial charge in [-0.2, -0.15) is 0 Å². The molecule has 3 nitrogen and oxygen atoms in total. The first-order valence-corrected chi connectivity index (χ1v) is 6.43. The number of hydrogen-bond donors (Lipinski definition) is 2. The fraction of sp³-hybridized carbons (Fsp3) is 0.357. The van der Waals surface area contributed by atoms with Crippen LogP contribution in [0.25, 0.3) is 6.08 Å². The Morgan fingerprint density at radius 2 is 2.32 bits per heavy atom. The summed E-state index contributed by atoms with van der Waals surface area (Å²) in [5, 5.41) is 11.7. The third-order valence-electron chi connectivity index (χ3n) is 2.65. The normalized spacial score (nSPS) is 12.6. The van der Waals surface area contributed by atoms with Crippen LogP contribution in [0.2, 0.25) is 5.02 Å². The van der Waals surface area contributed by atoms with Gasteiger partial charge in [0, 0.05) is 24.8 Å². The minimum Gasteiger partial charge on any atom is -0.396 e. The maximum absolute atomic E-state index is 13.4. The molecule has 19 heavy (non-hydrogen) atoms. The van der Waals surface area contributed by atoms with E-state index < -0.39 is 5.82 Å². The molecule has 0 saturated heterocycles. The summed E-state index contributed by atoms with van der Waals surface area (Å²) < 4.78 is 13.4. The average molecular weight is 286 g/mol. The van der Waals surface area contributed by atoms with Crippen molar-refractivity contribution in [3.05, 3.63) is 40.7 Å². The number of rotatable bonds is 6. The van der Waals surface area contributed by atoms with Gasteiger partial charge >= 0.3 is 0 Å². The summed E-state index contributed by atoms with van der Waals surface area (Å²) in [4.78, 5) is 11.5. The van der Waals surface area contributed by atoms with Crippen LogP contribution in [0.15, 0.2) is 24.3 Å². The minimum absolute atomic E-state index is 0.0950. The van der Waals surface area contributed by atoms with Crippen molar-refractivity contribution in [1.29, 1.82) is 0 Å². The maximum atomic E-state index is 13.4. The van der Waals surface area contributed by atoms with Crippen LogP contribution in [0.1, 0.15) is 18.9 Å². The van der Waals surface area contributed by atoms with Gasteiger partial charge in [0.2, 0.25) is 5.91 Å². The average Bonchev–Trinajstić information content (AvgIpc) is 2.36. The summed E-state index contributed by atoms with van der Waals surface area (Å²) >= 11 is 5.83. The standard InChI is InChI=1S/C14H17ClFNO2/c1-10(7-8-18)9-17-14(19)6-5-11-12(15)3-2-4-13(11)16/h2-6,10,18H,7-9H2,1H3,(H,17,19). The number of nitrogens with one attached hydrogen (secondary N) is 1. The number of carbonyl (C=O) groups excluding carboxylic acids is 1. The van der Waals surface area contributed by atoms with E-state index in [2.05, 4.69) is 5.32 Å². The zero-order valence-electron chi connectivity index (χ0n) is 10.7. The molecule has 104 valence electrons. The zero-order chi connectivity index (χ0) is 14.3. The molecule has 0 aliphatic heterocycles. The van der Waals surface area contributed by atoms with E-state index in [1.807, 2.05) is 6.92 Å². The summed E-state index contributed by atoms with van der Waals surface area (Å²) in [6.45, 7) is 2.49. The highest BCUT2D eigenvalue weighted by Gasteiger charge is 2.05. The van der Waals surface area contributed by atoms with E-state index in [0.29, 0.717) is 13.0 Å². The SMILES string of the molecule is CC(CCO)CNC(=O)C=Cc1c(F)cccc1Cl.